The fourth-order valence-corrected chi connectivity index (χ4v) is 6.69. The Morgan fingerprint density at radius 2 is 1.44 bits per heavy atom. The maximum absolute atomic E-state index is 14.5. The molecule has 0 saturated carbocycles. The zero-order valence-electron chi connectivity index (χ0n) is 25.1. The molecule has 0 aliphatic heterocycles. The largest absolute Gasteiger partial charge is 0.352 e. The molecule has 0 saturated heterocycles. The third-order valence-corrected chi connectivity index (χ3v) is 9.59. The third kappa shape index (κ3) is 8.63. The van der Waals surface area contributed by atoms with Gasteiger partial charge in [-0.3, -0.25) is 13.9 Å². The summed E-state index contributed by atoms with van der Waals surface area (Å²) in [7, 11) is -4.31. The lowest BCUT2D eigenvalue weighted by molar-refractivity contribution is -0.140. The minimum Gasteiger partial charge on any atom is -0.352 e. The lowest BCUT2D eigenvalue weighted by Crippen LogP contribution is -2.54. The van der Waals surface area contributed by atoms with E-state index in [2.05, 4.69) is 5.32 Å². The highest BCUT2D eigenvalue weighted by Crippen LogP contribution is 2.29. The first kappa shape index (κ1) is 34.0. The van der Waals surface area contributed by atoms with Crippen molar-refractivity contribution >= 4 is 50.7 Å². The molecule has 0 aromatic heterocycles. The zero-order chi connectivity index (χ0) is 32.7. The van der Waals surface area contributed by atoms with Crippen molar-refractivity contribution in [2.45, 2.75) is 50.7 Å². The van der Waals surface area contributed by atoms with Crippen LogP contribution in [0.4, 0.5) is 10.1 Å². The molecule has 7 nitrogen and oxygen atoms in total. The standard InChI is InChI=1S/C34H34Cl2FN3O4S/c1-23(2)38-34(42)32(20-25-8-5-4-6-9-25)39(21-29-30(35)10-7-11-31(29)36)33(41)22-40(27-16-14-26(37)15-17-27)45(43,44)28-18-12-24(3)13-19-28/h4-19,23,32H,20-22H2,1-3H3,(H,38,42)/t32-/m0/s1. The predicted octanol–water partition coefficient (Wildman–Crippen LogP) is 6.80. The van der Waals surface area contributed by atoms with Crippen molar-refractivity contribution in [1.82, 2.24) is 10.2 Å². The van der Waals surface area contributed by atoms with Crippen LogP contribution in [0.25, 0.3) is 0 Å². The summed E-state index contributed by atoms with van der Waals surface area (Å²) in [5.41, 5.74) is 2.11. The van der Waals surface area contributed by atoms with Gasteiger partial charge in [-0.2, -0.15) is 0 Å². The summed E-state index contributed by atoms with van der Waals surface area (Å²) in [5, 5.41) is 3.46. The second-order valence-electron chi connectivity index (χ2n) is 10.9. The number of aryl methyl sites for hydroxylation is 1. The number of benzene rings is 4. The molecule has 0 radical (unpaired) electrons. The van der Waals surface area contributed by atoms with Crippen LogP contribution < -0.4 is 9.62 Å². The molecule has 0 unspecified atom stereocenters. The molecule has 4 rings (SSSR count). The SMILES string of the molecule is Cc1ccc(S(=O)(=O)N(CC(=O)N(Cc2c(Cl)cccc2Cl)[C@@H](Cc2ccccc2)C(=O)NC(C)C)c2ccc(F)cc2)cc1. The Labute approximate surface area is 273 Å². The average molecular weight is 671 g/mol. The van der Waals surface area contributed by atoms with Crippen molar-refractivity contribution in [2.75, 3.05) is 10.8 Å². The first-order valence-corrected chi connectivity index (χ1v) is 16.5. The Hall–Kier alpha value is -3.92. The minimum atomic E-state index is -4.31. The van der Waals surface area contributed by atoms with Crippen LogP contribution in [0.2, 0.25) is 10.0 Å². The molecule has 0 aliphatic carbocycles. The number of sulfonamides is 1. The van der Waals surface area contributed by atoms with E-state index in [4.69, 9.17) is 23.2 Å². The smallest absolute Gasteiger partial charge is 0.264 e. The number of hydrogen-bond acceptors (Lipinski definition) is 4. The molecule has 236 valence electrons. The lowest BCUT2D eigenvalue weighted by atomic mass is 10.0. The Balaban J connectivity index is 1.83. The maximum Gasteiger partial charge on any atom is 0.264 e. The highest BCUT2D eigenvalue weighted by molar-refractivity contribution is 7.92. The molecule has 0 bridgehead atoms. The van der Waals surface area contributed by atoms with Crippen LogP contribution in [-0.2, 0) is 32.6 Å². The number of rotatable bonds is 12. The summed E-state index contributed by atoms with van der Waals surface area (Å²) in [5.74, 6) is -1.69. The van der Waals surface area contributed by atoms with Crippen molar-refractivity contribution in [2.24, 2.45) is 0 Å². The molecule has 0 fully saturated rings. The Morgan fingerprint density at radius 3 is 2.02 bits per heavy atom. The quantitative estimate of drug-likeness (QED) is 0.180. The monoisotopic (exact) mass is 669 g/mol. The minimum absolute atomic E-state index is 0.0516. The van der Waals surface area contributed by atoms with E-state index in [-0.39, 0.29) is 39.6 Å². The highest BCUT2D eigenvalue weighted by atomic mass is 35.5. The molecular weight excluding hydrogens is 636 g/mol. The molecule has 45 heavy (non-hydrogen) atoms. The van der Waals surface area contributed by atoms with Crippen molar-refractivity contribution in [1.29, 1.82) is 0 Å². The molecule has 0 spiro atoms. The Bertz CT molecular complexity index is 1720. The summed E-state index contributed by atoms with van der Waals surface area (Å²) < 4.78 is 42.9. The second-order valence-corrected chi connectivity index (χ2v) is 13.6. The van der Waals surface area contributed by atoms with Crippen LogP contribution in [0.5, 0.6) is 0 Å². The van der Waals surface area contributed by atoms with Crippen LogP contribution in [0.15, 0.2) is 102 Å². The number of halogens is 3. The Morgan fingerprint density at radius 1 is 0.844 bits per heavy atom. The van der Waals surface area contributed by atoms with E-state index in [1.165, 1.54) is 29.2 Å². The number of hydrogen-bond donors (Lipinski definition) is 1. The highest BCUT2D eigenvalue weighted by Gasteiger charge is 2.35. The Kier molecular flexibility index (Phi) is 11.3. The van der Waals surface area contributed by atoms with Crippen molar-refractivity contribution in [3.8, 4) is 0 Å². The van der Waals surface area contributed by atoms with Gasteiger partial charge in [0.25, 0.3) is 10.0 Å². The van der Waals surface area contributed by atoms with Gasteiger partial charge >= 0.3 is 0 Å². The van der Waals surface area contributed by atoms with Crippen LogP contribution in [0.1, 0.15) is 30.5 Å². The molecule has 4 aromatic rings. The van der Waals surface area contributed by atoms with Gasteiger partial charge in [0, 0.05) is 34.6 Å². The van der Waals surface area contributed by atoms with Crippen molar-refractivity contribution in [3.63, 3.8) is 0 Å². The van der Waals surface area contributed by atoms with Crippen molar-refractivity contribution < 1.29 is 22.4 Å². The lowest BCUT2D eigenvalue weighted by Gasteiger charge is -2.34. The summed E-state index contributed by atoms with van der Waals surface area (Å²) >= 11 is 13.0. The van der Waals surface area contributed by atoms with E-state index in [9.17, 15) is 22.4 Å². The van der Waals surface area contributed by atoms with Gasteiger partial charge < -0.3 is 10.2 Å². The topological polar surface area (TPSA) is 86.8 Å². The number of nitrogens with zero attached hydrogens (tertiary/aromatic N) is 2. The van der Waals surface area contributed by atoms with E-state index in [1.807, 2.05) is 37.3 Å². The first-order valence-electron chi connectivity index (χ1n) is 14.3. The molecule has 1 atom stereocenters. The fraction of sp³-hybridized carbons (Fsp3) is 0.235. The number of nitrogens with one attached hydrogen (secondary N) is 1. The third-order valence-electron chi connectivity index (χ3n) is 7.09. The molecular formula is C34H34Cl2FN3O4S. The van der Waals surface area contributed by atoms with Crippen LogP contribution in [0, 0.1) is 12.7 Å². The van der Waals surface area contributed by atoms with Gasteiger partial charge in [0.1, 0.15) is 18.4 Å². The number of carbonyl (C=O) groups excluding carboxylic acids is 2. The van der Waals surface area contributed by atoms with Gasteiger partial charge in [0.2, 0.25) is 11.8 Å². The molecule has 4 aromatic carbocycles. The van der Waals surface area contributed by atoms with Crippen LogP contribution in [-0.4, -0.2) is 43.8 Å². The fourth-order valence-electron chi connectivity index (χ4n) is 4.76. The molecule has 11 heteroatoms. The van der Waals surface area contributed by atoms with Gasteiger partial charge in [-0.05, 0) is 74.9 Å². The molecule has 1 N–H and O–H groups in total. The maximum atomic E-state index is 14.5. The molecule has 0 aliphatic rings. The number of amides is 2. The summed E-state index contributed by atoms with van der Waals surface area (Å²) in [6.07, 6.45) is 0.133. The molecule has 0 heterocycles. The van der Waals surface area contributed by atoms with E-state index >= 15 is 0 Å². The summed E-state index contributed by atoms with van der Waals surface area (Å²) in [6, 6.07) is 23.8. The van der Waals surface area contributed by atoms with Crippen LogP contribution >= 0.6 is 23.2 Å². The summed E-state index contributed by atoms with van der Waals surface area (Å²) in [6.45, 7) is 4.56. The van der Waals surface area contributed by atoms with Gasteiger partial charge in [-0.25, -0.2) is 12.8 Å². The normalized spacial score (nSPS) is 12.1. The number of anilines is 1. The van der Waals surface area contributed by atoms with E-state index in [0.717, 1.165) is 27.6 Å². The van der Waals surface area contributed by atoms with Gasteiger partial charge in [-0.15, -0.1) is 0 Å². The number of carbonyl (C=O) groups is 2. The second kappa shape index (κ2) is 14.9. The summed E-state index contributed by atoms with van der Waals surface area (Å²) in [4.78, 5) is 29.5. The average Bonchev–Trinajstić information content (AvgIpc) is 2.99. The first-order chi connectivity index (χ1) is 21.4. The van der Waals surface area contributed by atoms with Crippen LogP contribution in [0.3, 0.4) is 0 Å². The van der Waals surface area contributed by atoms with Gasteiger partial charge in [-0.1, -0.05) is 77.3 Å². The van der Waals surface area contributed by atoms with Gasteiger partial charge in [0.15, 0.2) is 0 Å². The van der Waals surface area contributed by atoms with E-state index in [1.54, 1.807) is 44.2 Å². The molecule has 2 amide bonds. The van der Waals surface area contributed by atoms with E-state index < -0.39 is 40.2 Å². The van der Waals surface area contributed by atoms with Crippen molar-refractivity contribution in [3.05, 3.63) is 130 Å². The van der Waals surface area contributed by atoms with E-state index in [0.29, 0.717) is 5.56 Å². The van der Waals surface area contributed by atoms with Gasteiger partial charge in [0.05, 0.1) is 10.6 Å². The zero-order valence-corrected chi connectivity index (χ0v) is 27.4. The predicted molar refractivity (Wildman–Crippen MR) is 176 cm³/mol.